The fourth-order valence-corrected chi connectivity index (χ4v) is 2.91. The second kappa shape index (κ2) is 7.13. The van der Waals surface area contributed by atoms with E-state index < -0.39 is 0 Å². The Bertz CT molecular complexity index is 568. The molecule has 2 rings (SSSR count). The molecule has 0 spiro atoms. The van der Waals surface area contributed by atoms with Gasteiger partial charge in [0.2, 0.25) is 0 Å². The van der Waals surface area contributed by atoms with Crippen molar-refractivity contribution in [3.8, 4) is 0 Å². The Balaban J connectivity index is 2.07. The van der Waals surface area contributed by atoms with Gasteiger partial charge in [0.25, 0.3) is 11.8 Å². The Kier molecular flexibility index (Phi) is 5.42. The third-order valence-electron chi connectivity index (χ3n) is 4.26. The summed E-state index contributed by atoms with van der Waals surface area (Å²) in [6.45, 7) is 7.19. The number of carbonyl (C=O) groups excluding carboxylic acids is 2. The van der Waals surface area contributed by atoms with Crippen LogP contribution in [0.15, 0.2) is 24.3 Å². The van der Waals surface area contributed by atoms with Crippen LogP contribution in [0.3, 0.4) is 0 Å². The lowest BCUT2D eigenvalue weighted by Crippen LogP contribution is -2.46. The molecule has 23 heavy (non-hydrogen) atoms. The molecule has 0 aliphatic carbocycles. The van der Waals surface area contributed by atoms with Gasteiger partial charge in [-0.15, -0.1) is 0 Å². The topological polar surface area (TPSA) is 69.6 Å². The molecular weight excluding hydrogens is 292 g/mol. The first kappa shape index (κ1) is 17.5. The Labute approximate surface area is 137 Å². The van der Waals surface area contributed by atoms with Crippen molar-refractivity contribution >= 4 is 11.8 Å². The molecule has 1 aliphatic rings. The van der Waals surface area contributed by atoms with Gasteiger partial charge in [0, 0.05) is 35.7 Å². The van der Waals surface area contributed by atoms with Crippen LogP contribution < -0.4 is 5.32 Å². The Morgan fingerprint density at radius 2 is 1.87 bits per heavy atom. The molecule has 1 saturated heterocycles. The average molecular weight is 318 g/mol. The Morgan fingerprint density at radius 3 is 2.43 bits per heavy atom. The molecule has 5 heteroatoms. The largest absolute Gasteiger partial charge is 0.396 e. The lowest BCUT2D eigenvalue weighted by molar-refractivity contribution is 0.0358. The molecule has 0 aromatic heterocycles. The van der Waals surface area contributed by atoms with Gasteiger partial charge in [0.1, 0.15) is 0 Å². The van der Waals surface area contributed by atoms with Crippen molar-refractivity contribution in [2.45, 2.75) is 39.7 Å². The molecule has 1 aliphatic heterocycles. The highest BCUT2D eigenvalue weighted by atomic mass is 16.3. The average Bonchev–Trinajstić information content (AvgIpc) is 2.54. The predicted molar refractivity (Wildman–Crippen MR) is 89.4 cm³/mol. The summed E-state index contributed by atoms with van der Waals surface area (Å²) in [5.41, 5.74) is 0.910. The van der Waals surface area contributed by atoms with Crippen molar-refractivity contribution < 1.29 is 14.7 Å². The summed E-state index contributed by atoms with van der Waals surface area (Å²) < 4.78 is 0. The molecule has 1 aromatic carbocycles. The number of likely N-dealkylation sites (tertiary alicyclic amines) is 1. The first-order chi connectivity index (χ1) is 10.8. The van der Waals surface area contributed by atoms with E-state index in [4.69, 9.17) is 0 Å². The smallest absolute Gasteiger partial charge is 0.253 e. The number of aliphatic hydroxyl groups excluding tert-OH is 1. The fraction of sp³-hybridized carbons (Fsp3) is 0.556. The van der Waals surface area contributed by atoms with Crippen molar-refractivity contribution in [1.29, 1.82) is 0 Å². The first-order valence-corrected chi connectivity index (χ1v) is 8.16. The number of rotatable bonds is 4. The van der Waals surface area contributed by atoms with Gasteiger partial charge in [0.15, 0.2) is 0 Å². The summed E-state index contributed by atoms with van der Waals surface area (Å²) >= 11 is 0. The van der Waals surface area contributed by atoms with Crippen LogP contribution in [0.1, 0.15) is 54.3 Å². The van der Waals surface area contributed by atoms with Crippen LogP contribution in [0.25, 0.3) is 0 Å². The number of carbonyl (C=O) groups is 2. The summed E-state index contributed by atoms with van der Waals surface area (Å²) in [6.07, 6.45) is 1.83. The van der Waals surface area contributed by atoms with Crippen LogP contribution in [-0.4, -0.2) is 47.6 Å². The van der Waals surface area contributed by atoms with Gasteiger partial charge in [-0.05, 0) is 51.0 Å². The maximum absolute atomic E-state index is 12.6. The van der Waals surface area contributed by atoms with Crippen LogP contribution in [-0.2, 0) is 0 Å². The van der Waals surface area contributed by atoms with E-state index in [-0.39, 0.29) is 29.9 Å². The number of amides is 2. The number of hydrogen-bond donors (Lipinski definition) is 2. The van der Waals surface area contributed by atoms with E-state index in [1.807, 2.05) is 20.8 Å². The highest BCUT2D eigenvalue weighted by Gasteiger charge is 2.32. The van der Waals surface area contributed by atoms with Crippen molar-refractivity contribution in [3.05, 3.63) is 35.4 Å². The predicted octanol–water partition coefficient (Wildman–Crippen LogP) is 2.06. The maximum Gasteiger partial charge on any atom is 0.253 e. The van der Waals surface area contributed by atoms with E-state index in [1.54, 1.807) is 29.2 Å². The third kappa shape index (κ3) is 4.32. The van der Waals surface area contributed by atoms with Gasteiger partial charge >= 0.3 is 0 Å². The van der Waals surface area contributed by atoms with Gasteiger partial charge in [-0.3, -0.25) is 9.59 Å². The van der Waals surface area contributed by atoms with Crippen molar-refractivity contribution in [3.63, 3.8) is 0 Å². The lowest BCUT2D eigenvalue weighted by atomic mass is 9.82. The van der Waals surface area contributed by atoms with Gasteiger partial charge < -0.3 is 15.3 Å². The number of nitrogens with zero attached hydrogens (tertiary/aromatic N) is 1. The highest BCUT2D eigenvalue weighted by Crippen LogP contribution is 2.29. The summed E-state index contributed by atoms with van der Waals surface area (Å²) in [4.78, 5) is 26.3. The minimum absolute atomic E-state index is 0.0415. The molecule has 1 unspecified atom stereocenters. The molecule has 0 saturated carbocycles. The van der Waals surface area contributed by atoms with E-state index in [0.29, 0.717) is 24.2 Å². The zero-order valence-electron chi connectivity index (χ0n) is 14.1. The number of nitrogens with one attached hydrogen (secondary N) is 1. The monoisotopic (exact) mass is 318 g/mol. The zero-order valence-corrected chi connectivity index (χ0v) is 14.1. The van der Waals surface area contributed by atoms with Gasteiger partial charge in [-0.1, -0.05) is 6.92 Å². The molecule has 1 aromatic rings. The summed E-state index contributed by atoms with van der Waals surface area (Å²) in [5, 5.41) is 12.3. The molecular formula is C18H26N2O3. The second-order valence-electron chi connectivity index (χ2n) is 7.00. The summed E-state index contributed by atoms with van der Waals surface area (Å²) in [6, 6.07) is 6.83. The van der Waals surface area contributed by atoms with Crippen LogP contribution in [0.4, 0.5) is 0 Å². The minimum atomic E-state index is -0.217. The Morgan fingerprint density at radius 1 is 1.26 bits per heavy atom. The zero-order chi connectivity index (χ0) is 17.0. The fourth-order valence-electron chi connectivity index (χ4n) is 2.91. The summed E-state index contributed by atoms with van der Waals surface area (Å²) in [5.74, 6) is -0.176. The minimum Gasteiger partial charge on any atom is -0.396 e. The molecule has 2 N–H and O–H groups in total. The van der Waals surface area contributed by atoms with Gasteiger partial charge in [-0.25, -0.2) is 0 Å². The van der Waals surface area contributed by atoms with Crippen LogP contribution >= 0.6 is 0 Å². The van der Waals surface area contributed by atoms with Crippen molar-refractivity contribution in [1.82, 2.24) is 10.2 Å². The standard InChI is InChI=1S/C18H26N2O3/c1-13(2)19-16(22)14-5-7-15(8-6-14)17(23)20-10-4-9-18(3,11-20)12-21/h5-8,13,21H,4,9-12H2,1-3H3,(H,19,22). The maximum atomic E-state index is 12.6. The molecule has 1 atom stereocenters. The van der Waals surface area contributed by atoms with E-state index in [1.165, 1.54) is 0 Å². The molecule has 1 fully saturated rings. The van der Waals surface area contributed by atoms with E-state index >= 15 is 0 Å². The number of aliphatic hydroxyl groups is 1. The number of benzene rings is 1. The first-order valence-electron chi connectivity index (χ1n) is 8.16. The quantitative estimate of drug-likeness (QED) is 0.893. The SMILES string of the molecule is CC(C)NC(=O)c1ccc(C(=O)N2CCCC(C)(CO)C2)cc1. The molecule has 126 valence electrons. The normalized spacial score (nSPS) is 21.3. The molecule has 0 bridgehead atoms. The molecule has 5 nitrogen and oxygen atoms in total. The number of hydrogen-bond acceptors (Lipinski definition) is 3. The van der Waals surface area contributed by atoms with Gasteiger partial charge in [-0.2, -0.15) is 0 Å². The van der Waals surface area contributed by atoms with E-state index in [2.05, 4.69) is 5.32 Å². The highest BCUT2D eigenvalue weighted by molar-refractivity contribution is 5.98. The van der Waals surface area contributed by atoms with Crippen LogP contribution in [0, 0.1) is 5.41 Å². The van der Waals surface area contributed by atoms with Gasteiger partial charge in [0.05, 0.1) is 6.61 Å². The van der Waals surface area contributed by atoms with Crippen molar-refractivity contribution in [2.24, 2.45) is 5.41 Å². The number of piperidine rings is 1. The second-order valence-corrected chi connectivity index (χ2v) is 7.00. The summed E-state index contributed by atoms with van der Waals surface area (Å²) in [7, 11) is 0. The third-order valence-corrected chi connectivity index (χ3v) is 4.26. The van der Waals surface area contributed by atoms with E-state index in [9.17, 15) is 14.7 Å². The molecule has 2 amide bonds. The van der Waals surface area contributed by atoms with Crippen molar-refractivity contribution in [2.75, 3.05) is 19.7 Å². The molecule has 1 heterocycles. The van der Waals surface area contributed by atoms with Crippen LogP contribution in [0.2, 0.25) is 0 Å². The lowest BCUT2D eigenvalue weighted by Gasteiger charge is -2.39. The Hall–Kier alpha value is -1.88. The van der Waals surface area contributed by atoms with Crippen LogP contribution in [0.5, 0.6) is 0 Å². The molecule has 0 radical (unpaired) electrons. The van der Waals surface area contributed by atoms with E-state index in [0.717, 1.165) is 12.8 Å².